The number of carbonyl (C=O) groups is 2. The summed E-state index contributed by atoms with van der Waals surface area (Å²) in [6, 6.07) is 3.61. The fourth-order valence-electron chi connectivity index (χ4n) is 1.07. The lowest BCUT2D eigenvalue weighted by Crippen LogP contribution is -2.13. The summed E-state index contributed by atoms with van der Waals surface area (Å²) < 4.78 is 9.24. The summed E-state index contributed by atoms with van der Waals surface area (Å²) in [6.45, 7) is -0.459. The molecule has 0 saturated heterocycles. The SMILES string of the molecule is COC(=O)COc1cc(C=O)ccc1[N+](=O)[O-]. The van der Waals surface area contributed by atoms with E-state index in [4.69, 9.17) is 4.74 Å². The van der Waals surface area contributed by atoms with Crippen molar-refractivity contribution in [3.05, 3.63) is 33.9 Å². The summed E-state index contributed by atoms with van der Waals surface area (Å²) in [7, 11) is 1.17. The van der Waals surface area contributed by atoms with Crippen LogP contribution in [0.4, 0.5) is 5.69 Å². The third kappa shape index (κ3) is 3.26. The summed E-state index contributed by atoms with van der Waals surface area (Å²) in [4.78, 5) is 31.3. The maximum Gasteiger partial charge on any atom is 0.343 e. The van der Waals surface area contributed by atoms with Crippen molar-refractivity contribution < 1.29 is 24.0 Å². The summed E-state index contributed by atoms with van der Waals surface area (Å²) >= 11 is 0. The molecule has 0 bridgehead atoms. The van der Waals surface area contributed by atoms with E-state index < -0.39 is 17.5 Å². The van der Waals surface area contributed by atoms with E-state index in [-0.39, 0.29) is 17.0 Å². The monoisotopic (exact) mass is 239 g/mol. The lowest BCUT2D eigenvalue weighted by Gasteiger charge is -2.05. The number of methoxy groups -OCH3 is 1. The molecule has 17 heavy (non-hydrogen) atoms. The van der Waals surface area contributed by atoms with Gasteiger partial charge in [0.2, 0.25) is 0 Å². The van der Waals surface area contributed by atoms with Gasteiger partial charge in [0.1, 0.15) is 6.29 Å². The lowest BCUT2D eigenvalue weighted by molar-refractivity contribution is -0.385. The molecule has 0 saturated carbocycles. The van der Waals surface area contributed by atoms with Gasteiger partial charge in [-0.1, -0.05) is 0 Å². The van der Waals surface area contributed by atoms with E-state index in [0.717, 1.165) is 6.07 Å². The van der Waals surface area contributed by atoms with Crippen LogP contribution in [0.3, 0.4) is 0 Å². The average Bonchev–Trinajstić information content (AvgIpc) is 2.35. The molecule has 0 aliphatic heterocycles. The molecule has 0 fully saturated rings. The molecule has 0 radical (unpaired) electrons. The van der Waals surface area contributed by atoms with Crippen LogP contribution in [-0.2, 0) is 9.53 Å². The van der Waals surface area contributed by atoms with E-state index in [2.05, 4.69) is 4.74 Å². The van der Waals surface area contributed by atoms with Crippen molar-refractivity contribution in [3.63, 3.8) is 0 Å². The largest absolute Gasteiger partial charge is 0.475 e. The van der Waals surface area contributed by atoms with Gasteiger partial charge in [-0.05, 0) is 12.1 Å². The summed E-state index contributed by atoms with van der Waals surface area (Å²) in [5, 5.41) is 10.7. The van der Waals surface area contributed by atoms with Gasteiger partial charge >= 0.3 is 11.7 Å². The van der Waals surface area contributed by atoms with Gasteiger partial charge in [-0.3, -0.25) is 14.9 Å². The molecule has 1 aromatic rings. The smallest absolute Gasteiger partial charge is 0.343 e. The third-order valence-corrected chi connectivity index (χ3v) is 1.89. The Morgan fingerprint density at radius 1 is 1.53 bits per heavy atom. The molecule has 0 aliphatic carbocycles. The second-order valence-corrected chi connectivity index (χ2v) is 2.97. The molecule has 0 spiro atoms. The fourth-order valence-corrected chi connectivity index (χ4v) is 1.07. The zero-order chi connectivity index (χ0) is 12.8. The molecule has 7 heteroatoms. The number of nitrogens with zero attached hydrogens (tertiary/aromatic N) is 1. The normalized spacial score (nSPS) is 9.47. The predicted molar refractivity (Wildman–Crippen MR) is 56.0 cm³/mol. The maximum absolute atomic E-state index is 10.8. The van der Waals surface area contributed by atoms with Gasteiger partial charge < -0.3 is 9.47 Å². The van der Waals surface area contributed by atoms with Crippen molar-refractivity contribution in [3.8, 4) is 5.75 Å². The summed E-state index contributed by atoms with van der Waals surface area (Å²) in [5.74, 6) is -0.819. The Kier molecular flexibility index (Phi) is 4.15. The maximum atomic E-state index is 10.8. The van der Waals surface area contributed by atoms with Crippen molar-refractivity contribution in [1.82, 2.24) is 0 Å². The van der Waals surface area contributed by atoms with E-state index in [0.29, 0.717) is 6.29 Å². The van der Waals surface area contributed by atoms with Gasteiger partial charge in [-0.15, -0.1) is 0 Å². The second-order valence-electron chi connectivity index (χ2n) is 2.97. The molecular formula is C10H9NO6. The van der Waals surface area contributed by atoms with Crippen LogP contribution in [0.2, 0.25) is 0 Å². The van der Waals surface area contributed by atoms with Crippen LogP contribution in [0.15, 0.2) is 18.2 Å². The van der Waals surface area contributed by atoms with Gasteiger partial charge in [0.05, 0.1) is 12.0 Å². The molecule has 1 rings (SSSR count). The highest BCUT2D eigenvalue weighted by molar-refractivity contribution is 5.77. The zero-order valence-electron chi connectivity index (χ0n) is 8.91. The molecule has 0 atom stereocenters. The molecule has 0 amide bonds. The number of hydrogen-bond acceptors (Lipinski definition) is 6. The van der Waals surface area contributed by atoms with Gasteiger partial charge in [0, 0.05) is 11.6 Å². The standard InChI is InChI=1S/C10H9NO6/c1-16-10(13)6-17-9-4-7(5-12)2-3-8(9)11(14)15/h2-5H,6H2,1H3. The van der Waals surface area contributed by atoms with Crippen molar-refractivity contribution in [2.75, 3.05) is 13.7 Å². The van der Waals surface area contributed by atoms with Crippen LogP contribution in [0.25, 0.3) is 0 Å². The Labute approximate surface area is 96.1 Å². The number of esters is 1. The third-order valence-electron chi connectivity index (χ3n) is 1.89. The molecule has 0 aliphatic rings. The lowest BCUT2D eigenvalue weighted by atomic mass is 10.2. The number of ether oxygens (including phenoxy) is 2. The molecule has 0 aromatic heterocycles. The number of benzene rings is 1. The summed E-state index contributed by atoms with van der Waals surface area (Å²) in [6.07, 6.45) is 0.523. The van der Waals surface area contributed by atoms with E-state index >= 15 is 0 Å². The van der Waals surface area contributed by atoms with Crippen LogP contribution in [-0.4, -0.2) is 30.9 Å². The Morgan fingerprint density at radius 2 is 2.24 bits per heavy atom. The van der Waals surface area contributed by atoms with Crippen LogP contribution in [0.5, 0.6) is 5.75 Å². The van der Waals surface area contributed by atoms with Gasteiger partial charge in [0.25, 0.3) is 0 Å². The molecule has 90 valence electrons. The number of carbonyl (C=O) groups excluding carboxylic acids is 2. The van der Waals surface area contributed by atoms with Gasteiger partial charge in [-0.2, -0.15) is 0 Å². The number of rotatable bonds is 5. The van der Waals surface area contributed by atoms with E-state index in [9.17, 15) is 19.7 Å². The molecular weight excluding hydrogens is 230 g/mol. The first kappa shape index (κ1) is 12.6. The molecule has 0 unspecified atom stereocenters. The highest BCUT2D eigenvalue weighted by Crippen LogP contribution is 2.27. The predicted octanol–water partition coefficient (Wildman–Crippen LogP) is 0.959. The van der Waals surface area contributed by atoms with Gasteiger partial charge in [0.15, 0.2) is 12.4 Å². The summed E-state index contributed by atoms with van der Waals surface area (Å²) in [5.41, 5.74) is -0.102. The topological polar surface area (TPSA) is 95.7 Å². The van der Waals surface area contributed by atoms with E-state index in [1.54, 1.807) is 0 Å². The van der Waals surface area contributed by atoms with Crippen molar-refractivity contribution >= 4 is 17.9 Å². The first-order valence-electron chi connectivity index (χ1n) is 4.51. The van der Waals surface area contributed by atoms with Crippen LogP contribution in [0, 0.1) is 10.1 Å². The minimum Gasteiger partial charge on any atom is -0.475 e. The highest BCUT2D eigenvalue weighted by Gasteiger charge is 2.16. The fraction of sp³-hybridized carbons (Fsp3) is 0.200. The number of aldehydes is 1. The van der Waals surface area contributed by atoms with Gasteiger partial charge in [-0.25, -0.2) is 4.79 Å². The molecule has 0 heterocycles. The number of hydrogen-bond donors (Lipinski definition) is 0. The number of nitro benzene ring substituents is 1. The molecule has 0 N–H and O–H groups in total. The van der Waals surface area contributed by atoms with Crippen molar-refractivity contribution in [2.45, 2.75) is 0 Å². The van der Waals surface area contributed by atoms with E-state index in [1.165, 1.54) is 19.2 Å². The first-order chi connectivity index (χ1) is 8.08. The van der Waals surface area contributed by atoms with E-state index in [1.807, 2.05) is 0 Å². The van der Waals surface area contributed by atoms with Crippen LogP contribution >= 0.6 is 0 Å². The molecule has 1 aromatic carbocycles. The quantitative estimate of drug-likeness (QED) is 0.328. The first-order valence-corrected chi connectivity index (χ1v) is 4.51. The minimum absolute atomic E-state index is 0.148. The number of nitro groups is 1. The Balaban J connectivity index is 2.96. The van der Waals surface area contributed by atoms with Crippen molar-refractivity contribution in [1.29, 1.82) is 0 Å². The Bertz CT molecular complexity index is 456. The Morgan fingerprint density at radius 3 is 2.76 bits per heavy atom. The molecule has 7 nitrogen and oxygen atoms in total. The minimum atomic E-state index is -0.671. The average molecular weight is 239 g/mol. The Hall–Kier alpha value is -2.44. The highest BCUT2D eigenvalue weighted by atomic mass is 16.6. The zero-order valence-corrected chi connectivity index (χ0v) is 8.91. The second kappa shape index (κ2) is 5.59. The van der Waals surface area contributed by atoms with Crippen LogP contribution in [0.1, 0.15) is 10.4 Å². The van der Waals surface area contributed by atoms with Crippen molar-refractivity contribution in [2.24, 2.45) is 0 Å². The van der Waals surface area contributed by atoms with Crippen LogP contribution < -0.4 is 4.74 Å².